The molecule has 1 heterocycles. The number of hydrogen-bond acceptors (Lipinski definition) is 4. The van der Waals surface area contributed by atoms with Crippen molar-refractivity contribution in [3.8, 4) is 11.4 Å². The second-order valence-electron chi connectivity index (χ2n) is 7.94. The van der Waals surface area contributed by atoms with Gasteiger partial charge in [-0.2, -0.15) is 0 Å². The molecule has 6 heteroatoms. The Morgan fingerprint density at radius 2 is 1.82 bits per heavy atom. The number of carbonyl (C=O) groups excluding carboxylic acids is 2. The van der Waals surface area contributed by atoms with Gasteiger partial charge in [-0.25, -0.2) is 9.78 Å². The minimum absolute atomic E-state index is 0.330. The number of aromatic nitrogens is 2. The van der Waals surface area contributed by atoms with Crippen LogP contribution in [0.5, 0.6) is 0 Å². The predicted octanol–water partition coefficient (Wildman–Crippen LogP) is 5.67. The Kier molecular flexibility index (Phi) is 6.54. The molecule has 1 atom stereocenters. The summed E-state index contributed by atoms with van der Waals surface area (Å²) in [6.45, 7) is 5.81. The number of benzene rings is 3. The Hall–Kier alpha value is -3.93. The van der Waals surface area contributed by atoms with Crippen LogP contribution in [0.15, 0.2) is 66.7 Å². The quantitative estimate of drug-likeness (QED) is 0.362. The van der Waals surface area contributed by atoms with Crippen molar-refractivity contribution in [1.29, 1.82) is 0 Å². The third-order valence-electron chi connectivity index (χ3n) is 5.67. The molecule has 0 saturated heterocycles. The normalized spacial score (nSPS) is 11.8. The lowest BCUT2D eigenvalue weighted by molar-refractivity contribution is -0.124. The van der Waals surface area contributed by atoms with Crippen molar-refractivity contribution in [1.82, 2.24) is 9.97 Å². The molecular weight excluding hydrogens is 414 g/mol. The number of imidazole rings is 1. The van der Waals surface area contributed by atoms with Crippen LogP contribution in [0.1, 0.15) is 41.8 Å². The van der Waals surface area contributed by atoms with Gasteiger partial charge in [0.15, 0.2) is 6.10 Å². The minimum atomic E-state index is -0.890. The van der Waals surface area contributed by atoms with Crippen molar-refractivity contribution in [3.63, 3.8) is 0 Å². The van der Waals surface area contributed by atoms with Crippen molar-refractivity contribution in [2.24, 2.45) is 0 Å². The topological polar surface area (TPSA) is 84.1 Å². The number of ether oxygens (including phenoxy) is 1. The molecule has 6 nitrogen and oxygen atoms in total. The van der Waals surface area contributed by atoms with E-state index in [1.807, 2.05) is 69.3 Å². The molecule has 0 spiro atoms. The lowest BCUT2D eigenvalue weighted by atomic mass is 10.1. The average Bonchev–Trinajstić information content (AvgIpc) is 3.27. The van der Waals surface area contributed by atoms with Crippen LogP contribution in [-0.4, -0.2) is 27.9 Å². The number of esters is 1. The summed E-state index contributed by atoms with van der Waals surface area (Å²) < 4.78 is 5.59. The SMILES string of the molecule is CCc1cccc(C)c1NC(=O)C(CC)OC(=O)c1ccc2nc(-c3ccccc3)[nH]c2c1. The van der Waals surface area contributed by atoms with Crippen molar-refractivity contribution in [2.45, 2.75) is 39.7 Å². The summed E-state index contributed by atoms with van der Waals surface area (Å²) in [5, 5.41) is 2.96. The smallest absolute Gasteiger partial charge is 0.338 e. The molecule has 3 aromatic carbocycles. The van der Waals surface area contributed by atoms with E-state index in [0.717, 1.165) is 45.7 Å². The van der Waals surface area contributed by atoms with Crippen LogP contribution in [-0.2, 0) is 16.0 Å². The predicted molar refractivity (Wildman–Crippen MR) is 130 cm³/mol. The number of para-hydroxylation sites is 1. The second-order valence-corrected chi connectivity index (χ2v) is 7.94. The number of amides is 1. The molecule has 4 rings (SSSR count). The minimum Gasteiger partial charge on any atom is -0.449 e. The zero-order valence-electron chi connectivity index (χ0n) is 19.0. The number of fused-ring (bicyclic) bond motifs is 1. The average molecular weight is 442 g/mol. The van der Waals surface area contributed by atoms with Crippen LogP contribution < -0.4 is 5.32 Å². The van der Waals surface area contributed by atoms with Gasteiger partial charge in [0.2, 0.25) is 0 Å². The van der Waals surface area contributed by atoms with Gasteiger partial charge in [0.1, 0.15) is 5.82 Å². The highest BCUT2D eigenvalue weighted by molar-refractivity contribution is 5.99. The molecule has 33 heavy (non-hydrogen) atoms. The molecular formula is C27H27N3O3. The van der Waals surface area contributed by atoms with Gasteiger partial charge in [-0.1, -0.05) is 62.4 Å². The number of rotatable bonds is 7. The highest BCUT2D eigenvalue weighted by atomic mass is 16.5. The van der Waals surface area contributed by atoms with Gasteiger partial charge in [0, 0.05) is 11.3 Å². The molecule has 4 aromatic rings. The summed E-state index contributed by atoms with van der Waals surface area (Å²) in [7, 11) is 0. The van der Waals surface area contributed by atoms with E-state index in [0.29, 0.717) is 12.0 Å². The molecule has 0 aliphatic heterocycles. The monoisotopic (exact) mass is 441 g/mol. The number of nitrogens with one attached hydrogen (secondary N) is 2. The third kappa shape index (κ3) is 4.80. The Balaban J connectivity index is 1.51. The van der Waals surface area contributed by atoms with Crippen molar-refractivity contribution < 1.29 is 14.3 Å². The van der Waals surface area contributed by atoms with E-state index in [1.54, 1.807) is 18.2 Å². The highest BCUT2D eigenvalue weighted by Crippen LogP contribution is 2.23. The summed E-state index contributed by atoms with van der Waals surface area (Å²) in [6, 6.07) is 20.8. The van der Waals surface area contributed by atoms with Crippen molar-refractivity contribution in [2.75, 3.05) is 5.32 Å². The summed E-state index contributed by atoms with van der Waals surface area (Å²) in [4.78, 5) is 33.6. The number of hydrogen-bond donors (Lipinski definition) is 2. The first-order valence-electron chi connectivity index (χ1n) is 11.2. The van der Waals surface area contributed by atoms with Crippen LogP contribution in [0.3, 0.4) is 0 Å². The fourth-order valence-corrected chi connectivity index (χ4v) is 3.79. The van der Waals surface area contributed by atoms with E-state index in [1.165, 1.54) is 0 Å². The Morgan fingerprint density at radius 3 is 2.55 bits per heavy atom. The second kappa shape index (κ2) is 9.69. The lowest BCUT2D eigenvalue weighted by Gasteiger charge is -2.18. The highest BCUT2D eigenvalue weighted by Gasteiger charge is 2.23. The maximum Gasteiger partial charge on any atom is 0.338 e. The van der Waals surface area contributed by atoms with Crippen LogP contribution in [0, 0.1) is 6.92 Å². The van der Waals surface area contributed by atoms with Crippen molar-refractivity contribution >= 4 is 28.6 Å². The van der Waals surface area contributed by atoms with E-state index in [9.17, 15) is 9.59 Å². The largest absolute Gasteiger partial charge is 0.449 e. The van der Waals surface area contributed by atoms with Crippen LogP contribution in [0.25, 0.3) is 22.4 Å². The Morgan fingerprint density at radius 1 is 1.03 bits per heavy atom. The van der Waals surface area contributed by atoms with E-state index < -0.39 is 12.1 Å². The molecule has 1 amide bonds. The lowest BCUT2D eigenvalue weighted by Crippen LogP contribution is -2.32. The number of aromatic amines is 1. The van der Waals surface area contributed by atoms with Gasteiger partial charge in [-0.15, -0.1) is 0 Å². The molecule has 168 valence electrons. The van der Waals surface area contributed by atoms with Gasteiger partial charge in [-0.3, -0.25) is 4.79 Å². The molecule has 0 bridgehead atoms. The zero-order chi connectivity index (χ0) is 23.4. The Labute approximate surface area is 193 Å². The maximum atomic E-state index is 12.9. The Bertz CT molecular complexity index is 1290. The fourth-order valence-electron chi connectivity index (χ4n) is 3.79. The molecule has 0 aliphatic rings. The van der Waals surface area contributed by atoms with Gasteiger partial charge in [-0.05, 0) is 49.1 Å². The maximum absolute atomic E-state index is 12.9. The molecule has 0 fully saturated rings. The first-order chi connectivity index (χ1) is 16.0. The van der Waals surface area contributed by atoms with Gasteiger partial charge >= 0.3 is 5.97 Å². The fraction of sp³-hybridized carbons (Fsp3) is 0.222. The molecule has 0 saturated carbocycles. The van der Waals surface area contributed by atoms with Gasteiger partial charge < -0.3 is 15.0 Å². The summed E-state index contributed by atoms with van der Waals surface area (Å²) in [6.07, 6.45) is 0.275. The number of anilines is 1. The number of carbonyl (C=O) groups is 2. The van der Waals surface area contributed by atoms with E-state index in [-0.39, 0.29) is 5.91 Å². The first kappa shape index (κ1) is 22.3. The molecule has 2 N–H and O–H groups in total. The van der Waals surface area contributed by atoms with E-state index in [2.05, 4.69) is 15.3 Å². The number of H-pyrrole nitrogens is 1. The molecule has 0 aliphatic carbocycles. The van der Waals surface area contributed by atoms with Crippen molar-refractivity contribution in [3.05, 3.63) is 83.4 Å². The van der Waals surface area contributed by atoms with E-state index >= 15 is 0 Å². The molecule has 1 aromatic heterocycles. The molecule has 0 radical (unpaired) electrons. The standard InChI is InChI=1S/C27H27N3O3/c1-4-18-13-9-10-17(3)24(18)30-26(31)23(5-2)33-27(32)20-14-15-21-22(16-20)29-25(28-21)19-11-7-6-8-12-19/h6-16,23H,4-5H2,1-3H3,(H,28,29)(H,30,31). The van der Waals surface area contributed by atoms with Crippen LogP contribution >= 0.6 is 0 Å². The summed E-state index contributed by atoms with van der Waals surface area (Å²) in [5.74, 6) is -0.147. The summed E-state index contributed by atoms with van der Waals surface area (Å²) >= 11 is 0. The third-order valence-corrected chi connectivity index (χ3v) is 5.67. The number of aryl methyl sites for hydroxylation is 2. The van der Waals surface area contributed by atoms with E-state index in [4.69, 9.17) is 4.74 Å². The zero-order valence-corrected chi connectivity index (χ0v) is 19.0. The van der Waals surface area contributed by atoms with Crippen LogP contribution in [0.2, 0.25) is 0 Å². The van der Waals surface area contributed by atoms with Crippen LogP contribution in [0.4, 0.5) is 5.69 Å². The number of nitrogens with zero attached hydrogens (tertiary/aromatic N) is 1. The van der Waals surface area contributed by atoms with Gasteiger partial charge in [0.05, 0.1) is 16.6 Å². The van der Waals surface area contributed by atoms with Gasteiger partial charge in [0.25, 0.3) is 5.91 Å². The summed E-state index contributed by atoms with van der Waals surface area (Å²) in [5.41, 5.74) is 5.61. The first-order valence-corrected chi connectivity index (χ1v) is 11.2. The molecule has 1 unspecified atom stereocenters.